The van der Waals surface area contributed by atoms with E-state index in [1.165, 1.54) is 17.4 Å². The van der Waals surface area contributed by atoms with Gasteiger partial charge in [-0.1, -0.05) is 18.2 Å². The van der Waals surface area contributed by atoms with Crippen LogP contribution in [0.3, 0.4) is 0 Å². The predicted molar refractivity (Wildman–Crippen MR) is 111 cm³/mol. The normalized spacial score (nSPS) is 12.8. The summed E-state index contributed by atoms with van der Waals surface area (Å²) in [5.74, 6) is 0.210. The molecule has 4 rings (SSSR count). The van der Waals surface area contributed by atoms with E-state index in [-0.39, 0.29) is 17.6 Å². The highest BCUT2D eigenvalue weighted by Gasteiger charge is 2.15. The van der Waals surface area contributed by atoms with Crippen LogP contribution in [0.25, 0.3) is 10.4 Å². The van der Waals surface area contributed by atoms with E-state index in [0.29, 0.717) is 47.1 Å². The molecular weight excluding hydrogens is 391 g/mol. The first-order chi connectivity index (χ1) is 14.1. The number of fused-ring (bicyclic) bond motifs is 1. The van der Waals surface area contributed by atoms with E-state index in [0.717, 1.165) is 11.3 Å². The number of rotatable bonds is 6. The Bertz CT molecular complexity index is 1060. The highest BCUT2D eigenvalue weighted by molar-refractivity contribution is 7.17. The highest BCUT2D eigenvalue weighted by atomic mass is 32.1. The van der Waals surface area contributed by atoms with Crippen LogP contribution in [0, 0.1) is 5.82 Å². The molecule has 0 bridgehead atoms. The average Bonchev–Trinajstić information content (AvgIpc) is 3.21. The van der Waals surface area contributed by atoms with Gasteiger partial charge in [0.05, 0.1) is 11.4 Å². The van der Waals surface area contributed by atoms with Crippen LogP contribution in [-0.4, -0.2) is 25.0 Å². The Morgan fingerprint density at radius 3 is 2.86 bits per heavy atom. The summed E-state index contributed by atoms with van der Waals surface area (Å²) in [5.41, 5.74) is 2.36. The van der Waals surface area contributed by atoms with E-state index in [1.807, 2.05) is 12.1 Å². The minimum absolute atomic E-state index is 0.0284. The molecule has 0 saturated carbocycles. The molecule has 0 aliphatic carbocycles. The van der Waals surface area contributed by atoms with E-state index >= 15 is 0 Å². The quantitative estimate of drug-likeness (QED) is 0.597. The molecule has 0 atom stereocenters. The fourth-order valence-corrected chi connectivity index (χ4v) is 4.09. The fraction of sp³-hybridized carbons (Fsp3) is 0.182. The molecule has 2 amide bonds. The Morgan fingerprint density at radius 2 is 2.00 bits per heavy atom. The van der Waals surface area contributed by atoms with Gasteiger partial charge in [0.15, 0.2) is 0 Å². The lowest BCUT2D eigenvalue weighted by Gasteiger charge is -2.17. The fourth-order valence-electron chi connectivity index (χ4n) is 3.14. The van der Waals surface area contributed by atoms with Gasteiger partial charge in [-0.15, -0.1) is 11.3 Å². The second-order valence-electron chi connectivity index (χ2n) is 6.62. The summed E-state index contributed by atoms with van der Waals surface area (Å²) >= 11 is 1.25. The van der Waals surface area contributed by atoms with E-state index in [2.05, 4.69) is 10.6 Å². The SMILES string of the molecule is O=C1CCc2cc(OCCNC(=O)c3ccc(-c4ccccc4F)s3)ccc2N1. The van der Waals surface area contributed by atoms with E-state index in [1.54, 1.807) is 36.4 Å². The number of benzene rings is 2. The summed E-state index contributed by atoms with van der Waals surface area (Å²) in [7, 11) is 0. The molecule has 1 aliphatic rings. The number of hydrogen-bond acceptors (Lipinski definition) is 4. The van der Waals surface area contributed by atoms with Crippen molar-refractivity contribution in [1.82, 2.24) is 5.32 Å². The topological polar surface area (TPSA) is 67.4 Å². The van der Waals surface area contributed by atoms with Crippen LogP contribution in [-0.2, 0) is 11.2 Å². The van der Waals surface area contributed by atoms with Crippen molar-refractivity contribution in [2.24, 2.45) is 0 Å². The Kier molecular flexibility index (Phi) is 5.57. The van der Waals surface area contributed by atoms with Gasteiger partial charge in [-0.2, -0.15) is 0 Å². The van der Waals surface area contributed by atoms with Gasteiger partial charge >= 0.3 is 0 Å². The van der Waals surface area contributed by atoms with Crippen molar-refractivity contribution in [1.29, 1.82) is 0 Å². The van der Waals surface area contributed by atoms with E-state index < -0.39 is 0 Å². The highest BCUT2D eigenvalue weighted by Crippen LogP contribution is 2.30. The molecule has 0 unspecified atom stereocenters. The van der Waals surface area contributed by atoms with Crippen molar-refractivity contribution in [3.8, 4) is 16.2 Å². The lowest BCUT2D eigenvalue weighted by atomic mass is 10.0. The summed E-state index contributed by atoms with van der Waals surface area (Å²) in [4.78, 5) is 25.0. The van der Waals surface area contributed by atoms with Crippen LogP contribution in [0.2, 0.25) is 0 Å². The molecular formula is C22H19FN2O3S. The van der Waals surface area contributed by atoms with Gasteiger partial charge in [-0.25, -0.2) is 4.39 Å². The van der Waals surface area contributed by atoms with Gasteiger partial charge in [0, 0.05) is 22.5 Å². The third-order valence-corrected chi connectivity index (χ3v) is 5.71. The second-order valence-corrected chi connectivity index (χ2v) is 7.70. The lowest BCUT2D eigenvalue weighted by Crippen LogP contribution is -2.27. The zero-order valence-electron chi connectivity index (χ0n) is 15.5. The van der Waals surface area contributed by atoms with Crippen molar-refractivity contribution in [3.05, 3.63) is 70.9 Å². The number of carbonyl (C=O) groups is 2. The molecule has 1 aliphatic heterocycles. The van der Waals surface area contributed by atoms with Gasteiger partial charge in [-0.3, -0.25) is 9.59 Å². The summed E-state index contributed by atoms with van der Waals surface area (Å²) < 4.78 is 19.6. The zero-order valence-corrected chi connectivity index (χ0v) is 16.4. The Hall–Kier alpha value is -3.19. The molecule has 7 heteroatoms. The molecule has 0 spiro atoms. The number of ether oxygens (including phenoxy) is 1. The molecule has 0 radical (unpaired) electrons. The van der Waals surface area contributed by atoms with Crippen molar-refractivity contribution < 1.29 is 18.7 Å². The van der Waals surface area contributed by atoms with Crippen molar-refractivity contribution in [2.45, 2.75) is 12.8 Å². The van der Waals surface area contributed by atoms with Gasteiger partial charge in [-0.05, 0) is 48.4 Å². The smallest absolute Gasteiger partial charge is 0.261 e. The van der Waals surface area contributed by atoms with Crippen LogP contribution in [0.5, 0.6) is 5.75 Å². The van der Waals surface area contributed by atoms with Crippen LogP contribution < -0.4 is 15.4 Å². The number of anilines is 1. The number of thiophene rings is 1. The molecule has 148 valence electrons. The third-order valence-electron chi connectivity index (χ3n) is 4.60. The number of nitrogens with one attached hydrogen (secondary N) is 2. The molecule has 2 heterocycles. The van der Waals surface area contributed by atoms with E-state index in [9.17, 15) is 14.0 Å². The first kappa shape index (κ1) is 19.1. The number of hydrogen-bond donors (Lipinski definition) is 2. The second kappa shape index (κ2) is 8.45. The summed E-state index contributed by atoms with van der Waals surface area (Å²) in [5, 5.41) is 5.64. The molecule has 29 heavy (non-hydrogen) atoms. The maximum atomic E-state index is 13.9. The summed E-state index contributed by atoms with van der Waals surface area (Å²) in [6, 6.07) is 15.5. The van der Waals surface area contributed by atoms with Gasteiger partial charge in [0.25, 0.3) is 5.91 Å². The number of halogens is 1. The molecule has 0 saturated heterocycles. The first-order valence-corrected chi connectivity index (χ1v) is 10.1. The predicted octanol–water partition coefficient (Wildman–Crippen LogP) is 4.25. The van der Waals surface area contributed by atoms with E-state index in [4.69, 9.17) is 4.74 Å². The lowest BCUT2D eigenvalue weighted by molar-refractivity contribution is -0.116. The van der Waals surface area contributed by atoms with Crippen LogP contribution in [0.1, 0.15) is 21.7 Å². The Balaban J connectivity index is 1.29. The number of amides is 2. The monoisotopic (exact) mass is 410 g/mol. The maximum Gasteiger partial charge on any atom is 0.261 e. The standard InChI is InChI=1S/C22H19FN2O3S/c23-17-4-2-1-3-16(17)19-8-9-20(29-19)22(27)24-11-12-28-15-6-7-18-14(13-15)5-10-21(26)25-18/h1-4,6-9,13H,5,10-12H2,(H,24,27)(H,25,26). The molecule has 0 fully saturated rings. The van der Waals surface area contributed by atoms with Crippen molar-refractivity contribution >= 4 is 28.8 Å². The molecule has 2 aromatic carbocycles. The maximum absolute atomic E-state index is 13.9. The van der Waals surface area contributed by atoms with Crippen molar-refractivity contribution in [3.63, 3.8) is 0 Å². The zero-order chi connectivity index (χ0) is 20.2. The molecule has 5 nitrogen and oxygen atoms in total. The minimum atomic E-state index is -0.306. The minimum Gasteiger partial charge on any atom is -0.492 e. The van der Waals surface area contributed by atoms with Gasteiger partial charge < -0.3 is 15.4 Å². The van der Waals surface area contributed by atoms with Crippen LogP contribution >= 0.6 is 11.3 Å². The Morgan fingerprint density at radius 1 is 1.14 bits per heavy atom. The molecule has 1 aromatic heterocycles. The van der Waals surface area contributed by atoms with Gasteiger partial charge in [0.2, 0.25) is 5.91 Å². The number of carbonyl (C=O) groups excluding carboxylic acids is 2. The summed E-state index contributed by atoms with van der Waals surface area (Å²) in [6.45, 7) is 0.669. The van der Waals surface area contributed by atoms with Crippen LogP contribution in [0.4, 0.5) is 10.1 Å². The molecule has 3 aromatic rings. The summed E-state index contributed by atoms with van der Waals surface area (Å²) in [6.07, 6.45) is 1.17. The Labute approximate surface area is 171 Å². The third kappa shape index (κ3) is 4.46. The average molecular weight is 410 g/mol. The molecule has 2 N–H and O–H groups in total. The number of aryl methyl sites for hydroxylation is 1. The van der Waals surface area contributed by atoms with Crippen molar-refractivity contribution in [2.75, 3.05) is 18.5 Å². The first-order valence-electron chi connectivity index (χ1n) is 9.29. The largest absolute Gasteiger partial charge is 0.492 e. The van der Waals surface area contributed by atoms with Crippen LogP contribution in [0.15, 0.2) is 54.6 Å². The van der Waals surface area contributed by atoms with Gasteiger partial charge in [0.1, 0.15) is 18.2 Å².